The molecule has 0 bridgehead atoms. The first-order valence-corrected chi connectivity index (χ1v) is 22.0. The van der Waals surface area contributed by atoms with Gasteiger partial charge in [-0.15, -0.1) is 0 Å². The highest BCUT2D eigenvalue weighted by molar-refractivity contribution is 7.85. The number of allylic oxidation sites excluding steroid dienone is 10. The van der Waals surface area contributed by atoms with Gasteiger partial charge in [0.05, 0.1) is 6.61 Å². The third kappa shape index (κ3) is 27.6. The van der Waals surface area contributed by atoms with Crippen molar-refractivity contribution < 1.29 is 56.8 Å². The summed E-state index contributed by atoms with van der Waals surface area (Å²) in [7, 11) is -4.60. The summed E-state index contributed by atoms with van der Waals surface area (Å²) in [5, 5.41) is 30.8. The molecule has 3 unspecified atom stereocenters. The fraction of sp³-hybridized carbons (Fsp3) is 0.714. The summed E-state index contributed by atoms with van der Waals surface area (Å²) in [5.74, 6) is -2.03. The number of ether oxygens (including phenoxy) is 4. The van der Waals surface area contributed by atoms with Crippen LogP contribution in [0.25, 0.3) is 0 Å². The number of rotatable bonds is 32. The van der Waals surface area contributed by atoms with Crippen LogP contribution in [0.15, 0.2) is 60.8 Å². The van der Waals surface area contributed by atoms with E-state index in [1.165, 1.54) is 12.8 Å². The quantitative estimate of drug-likeness (QED) is 0.0174. The number of esters is 2. The number of hydrogen-bond donors (Lipinski definition) is 4. The van der Waals surface area contributed by atoms with Crippen molar-refractivity contribution in [3.05, 3.63) is 60.8 Å². The molecule has 6 atom stereocenters. The van der Waals surface area contributed by atoms with Crippen molar-refractivity contribution in [2.75, 3.05) is 19.0 Å². The van der Waals surface area contributed by atoms with Crippen LogP contribution < -0.4 is 0 Å². The molecule has 0 spiro atoms. The molecular formula is C42H70O12S. The first-order valence-electron chi connectivity index (χ1n) is 20.4. The van der Waals surface area contributed by atoms with Crippen LogP contribution in [0, 0.1) is 0 Å². The van der Waals surface area contributed by atoms with Gasteiger partial charge in [-0.05, 0) is 57.8 Å². The molecule has 0 aliphatic carbocycles. The molecule has 0 saturated carbocycles. The third-order valence-corrected chi connectivity index (χ3v) is 9.65. The molecule has 1 aliphatic rings. The van der Waals surface area contributed by atoms with Crippen LogP contribution in [0.5, 0.6) is 0 Å². The molecule has 0 aromatic heterocycles. The van der Waals surface area contributed by atoms with Gasteiger partial charge in [0.1, 0.15) is 36.8 Å². The van der Waals surface area contributed by atoms with Gasteiger partial charge >= 0.3 is 11.9 Å². The van der Waals surface area contributed by atoms with E-state index in [2.05, 4.69) is 50.3 Å². The molecule has 0 amide bonds. The SMILES string of the molecule is CC/C=C/C=C/C=C/CCCCCCCC(=O)OC(COC(=O)CCCCCCCCC/C=C/C/C=C/CC)CO[C@H]1O[C@H](CS(=O)(=O)O)[C@@H](O)C(O)C1O. The van der Waals surface area contributed by atoms with Gasteiger partial charge in [0, 0.05) is 12.8 Å². The van der Waals surface area contributed by atoms with E-state index in [4.69, 9.17) is 18.9 Å². The molecule has 55 heavy (non-hydrogen) atoms. The van der Waals surface area contributed by atoms with E-state index in [1.54, 1.807) is 0 Å². The van der Waals surface area contributed by atoms with Crippen LogP contribution in [0.2, 0.25) is 0 Å². The van der Waals surface area contributed by atoms with E-state index in [0.29, 0.717) is 12.8 Å². The van der Waals surface area contributed by atoms with Gasteiger partial charge in [0.15, 0.2) is 12.4 Å². The molecule has 316 valence electrons. The van der Waals surface area contributed by atoms with Gasteiger partial charge < -0.3 is 34.3 Å². The first-order chi connectivity index (χ1) is 26.5. The van der Waals surface area contributed by atoms with E-state index < -0.39 is 71.2 Å². The van der Waals surface area contributed by atoms with E-state index in [9.17, 15) is 37.9 Å². The Morgan fingerprint density at radius 2 is 1.18 bits per heavy atom. The second kappa shape index (κ2) is 32.4. The fourth-order valence-electron chi connectivity index (χ4n) is 5.77. The van der Waals surface area contributed by atoms with Crippen LogP contribution in [-0.2, 0) is 38.7 Å². The highest BCUT2D eigenvalue weighted by Gasteiger charge is 2.46. The van der Waals surface area contributed by atoms with Crippen molar-refractivity contribution in [1.29, 1.82) is 0 Å². The molecule has 0 aromatic rings. The molecular weight excluding hydrogens is 729 g/mol. The lowest BCUT2D eigenvalue weighted by Gasteiger charge is -2.40. The standard InChI is InChI=1S/C42H70O12S/c1-3-5-7-9-11-13-15-17-19-20-22-24-26-28-30-37(43)51-32-35(33-52-42-41(47)40(46)39(45)36(54-42)34-55(48,49)50)53-38(44)31-29-27-25-23-21-18-16-14-12-10-8-6-4-2/h5-8,10-14,16,35-36,39-42,45-47H,3-4,9,15,17-34H2,1-2H3,(H,48,49,50)/b7-5+,8-6+,12-10+,13-11+,16-14+/t35?,36-,39-,40?,41?,42+/m1/s1. The Labute approximate surface area is 330 Å². The average molecular weight is 799 g/mol. The van der Waals surface area contributed by atoms with Gasteiger partial charge in [0.25, 0.3) is 10.1 Å². The zero-order valence-corrected chi connectivity index (χ0v) is 34.1. The minimum absolute atomic E-state index is 0.137. The largest absolute Gasteiger partial charge is 0.462 e. The van der Waals surface area contributed by atoms with Crippen LogP contribution in [0.1, 0.15) is 136 Å². The molecule has 1 heterocycles. The first kappa shape index (κ1) is 50.4. The molecule has 1 fully saturated rings. The number of aliphatic hydroxyl groups is 3. The van der Waals surface area contributed by atoms with Crippen molar-refractivity contribution >= 4 is 22.1 Å². The van der Waals surface area contributed by atoms with Crippen LogP contribution in [0.4, 0.5) is 0 Å². The number of carbonyl (C=O) groups excluding carboxylic acids is 2. The van der Waals surface area contributed by atoms with Gasteiger partial charge in [-0.3, -0.25) is 14.1 Å². The van der Waals surface area contributed by atoms with Gasteiger partial charge in [-0.1, -0.05) is 126 Å². The molecule has 13 heteroatoms. The van der Waals surface area contributed by atoms with Crippen molar-refractivity contribution in [3.63, 3.8) is 0 Å². The highest BCUT2D eigenvalue weighted by atomic mass is 32.2. The number of hydrogen-bond acceptors (Lipinski definition) is 11. The molecule has 1 aliphatic heterocycles. The predicted molar refractivity (Wildman–Crippen MR) is 215 cm³/mol. The summed E-state index contributed by atoms with van der Waals surface area (Å²) in [5.41, 5.74) is 0. The molecule has 0 radical (unpaired) electrons. The van der Waals surface area contributed by atoms with Crippen molar-refractivity contribution in [2.45, 2.75) is 173 Å². The summed E-state index contributed by atoms with van der Waals surface area (Å²) in [4.78, 5) is 25.3. The second-order valence-corrected chi connectivity index (χ2v) is 15.4. The van der Waals surface area contributed by atoms with Crippen molar-refractivity contribution in [1.82, 2.24) is 0 Å². The Kier molecular flexibility index (Phi) is 29.7. The van der Waals surface area contributed by atoms with Crippen LogP contribution in [0.3, 0.4) is 0 Å². The monoisotopic (exact) mass is 798 g/mol. The topological polar surface area (TPSA) is 186 Å². The Hall–Kier alpha value is -2.65. The van der Waals surface area contributed by atoms with E-state index >= 15 is 0 Å². The fourth-order valence-corrected chi connectivity index (χ4v) is 6.46. The summed E-state index contributed by atoms with van der Waals surface area (Å²) in [6.07, 6.45) is 28.5. The van der Waals surface area contributed by atoms with E-state index in [0.717, 1.165) is 83.5 Å². The Morgan fingerprint density at radius 1 is 0.636 bits per heavy atom. The molecule has 4 N–H and O–H groups in total. The molecule has 12 nitrogen and oxygen atoms in total. The lowest BCUT2D eigenvalue weighted by Crippen LogP contribution is -2.60. The average Bonchev–Trinajstić information content (AvgIpc) is 3.14. The van der Waals surface area contributed by atoms with Gasteiger partial charge in [0.2, 0.25) is 0 Å². The van der Waals surface area contributed by atoms with Gasteiger partial charge in [-0.25, -0.2) is 0 Å². The summed E-state index contributed by atoms with van der Waals surface area (Å²) in [6, 6.07) is 0. The number of unbranched alkanes of at least 4 members (excludes halogenated alkanes) is 12. The highest BCUT2D eigenvalue weighted by Crippen LogP contribution is 2.24. The number of aliphatic hydroxyl groups excluding tert-OH is 3. The molecule has 1 saturated heterocycles. The maximum absolute atomic E-state index is 12.7. The predicted octanol–water partition coefficient (Wildman–Crippen LogP) is 7.39. The molecule has 0 aromatic carbocycles. The Morgan fingerprint density at radius 3 is 1.80 bits per heavy atom. The van der Waals surface area contributed by atoms with Crippen LogP contribution in [-0.4, -0.2) is 96.0 Å². The van der Waals surface area contributed by atoms with Crippen LogP contribution >= 0.6 is 0 Å². The Balaban J connectivity index is 2.52. The van der Waals surface area contributed by atoms with E-state index in [-0.39, 0.29) is 19.4 Å². The lowest BCUT2D eigenvalue weighted by atomic mass is 10.00. The Bertz CT molecular complexity index is 1260. The minimum atomic E-state index is -4.60. The lowest BCUT2D eigenvalue weighted by molar-refractivity contribution is -0.297. The summed E-state index contributed by atoms with van der Waals surface area (Å²) in [6.45, 7) is 3.47. The normalized spacial score (nSPS) is 21.5. The minimum Gasteiger partial charge on any atom is -0.462 e. The van der Waals surface area contributed by atoms with Crippen molar-refractivity contribution in [3.8, 4) is 0 Å². The maximum atomic E-state index is 12.7. The number of carbonyl (C=O) groups is 2. The smallest absolute Gasteiger partial charge is 0.306 e. The van der Waals surface area contributed by atoms with E-state index in [1.807, 2.05) is 24.3 Å². The maximum Gasteiger partial charge on any atom is 0.306 e. The zero-order chi connectivity index (χ0) is 40.6. The summed E-state index contributed by atoms with van der Waals surface area (Å²) < 4.78 is 53.9. The third-order valence-electron chi connectivity index (χ3n) is 8.90. The molecule has 1 rings (SSSR count). The van der Waals surface area contributed by atoms with Crippen molar-refractivity contribution in [2.24, 2.45) is 0 Å². The summed E-state index contributed by atoms with van der Waals surface area (Å²) >= 11 is 0. The van der Waals surface area contributed by atoms with Gasteiger partial charge in [-0.2, -0.15) is 8.42 Å². The zero-order valence-electron chi connectivity index (χ0n) is 33.3. The second-order valence-electron chi connectivity index (χ2n) is 13.9.